The van der Waals surface area contributed by atoms with E-state index in [9.17, 15) is 14.4 Å². The zero-order valence-corrected chi connectivity index (χ0v) is 15.2. The Kier molecular flexibility index (Phi) is 4.04. The van der Waals surface area contributed by atoms with Gasteiger partial charge in [-0.05, 0) is 26.0 Å². The lowest BCUT2D eigenvalue weighted by Crippen LogP contribution is -2.27. The molecule has 0 aliphatic rings. The average molecular weight is 379 g/mol. The summed E-state index contributed by atoms with van der Waals surface area (Å²) < 4.78 is 7.28. The van der Waals surface area contributed by atoms with Crippen LogP contribution in [0.5, 0.6) is 0 Å². The van der Waals surface area contributed by atoms with Gasteiger partial charge in [-0.1, -0.05) is 35.6 Å². The van der Waals surface area contributed by atoms with Crippen molar-refractivity contribution in [3.63, 3.8) is 0 Å². The lowest BCUT2D eigenvalue weighted by Gasteiger charge is -1.98. The molecule has 7 nitrogen and oxygen atoms in total. The van der Waals surface area contributed by atoms with Gasteiger partial charge in [-0.2, -0.15) is 14.6 Å². The number of aromatic nitrogens is 3. The Hall–Kier alpha value is -3.39. The van der Waals surface area contributed by atoms with Crippen LogP contribution in [-0.4, -0.2) is 20.4 Å². The number of nitrogens with zero attached hydrogens (tertiary/aromatic N) is 3. The molecule has 0 aliphatic heterocycles. The molecule has 0 spiro atoms. The Balaban J connectivity index is 1.75. The third-order valence-corrected chi connectivity index (χ3v) is 4.98. The number of Topliss-reactive ketones (excluding diaryl/α,β-unsaturated/α-hetero) is 1. The van der Waals surface area contributed by atoms with Crippen molar-refractivity contribution in [2.45, 2.75) is 13.8 Å². The van der Waals surface area contributed by atoms with Crippen molar-refractivity contribution < 1.29 is 9.21 Å². The first-order chi connectivity index (χ1) is 12.9. The van der Waals surface area contributed by atoms with E-state index in [1.54, 1.807) is 42.5 Å². The second kappa shape index (κ2) is 6.40. The van der Waals surface area contributed by atoms with Crippen molar-refractivity contribution in [3.05, 3.63) is 78.7 Å². The van der Waals surface area contributed by atoms with E-state index in [1.165, 1.54) is 13.8 Å². The van der Waals surface area contributed by atoms with Crippen LogP contribution < -0.4 is 15.7 Å². The molecule has 0 aliphatic carbocycles. The van der Waals surface area contributed by atoms with Crippen molar-refractivity contribution in [3.8, 4) is 11.3 Å². The van der Waals surface area contributed by atoms with Crippen LogP contribution in [0.4, 0.5) is 0 Å². The number of benzene rings is 1. The van der Waals surface area contributed by atoms with Gasteiger partial charge in [0, 0.05) is 17.2 Å². The van der Waals surface area contributed by atoms with E-state index in [0.29, 0.717) is 21.6 Å². The predicted octanol–water partition coefficient (Wildman–Crippen LogP) is 1.83. The molecule has 0 radical (unpaired) electrons. The van der Waals surface area contributed by atoms with Gasteiger partial charge in [0.25, 0.3) is 11.1 Å². The van der Waals surface area contributed by atoms with Gasteiger partial charge in [0.2, 0.25) is 4.96 Å². The number of aryl methyl sites for hydroxylation is 1. The van der Waals surface area contributed by atoms with E-state index < -0.39 is 5.56 Å². The minimum Gasteiger partial charge on any atom is -0.457 e. The SMILES string of the molecule is CC(=O)c1ccc(-c2ccc(/C=c3\sc4nc(=O)c(C)nn4c3=O)o2)cc1. The first-order valence-electron chi connectivity index (χ1n) is 8.06. The average Bonchev–Trinajstić information content (AvgIpc) is 3.22. The van der Waals surface area contributed by atoms with Crippen molar-refractivity contribution in [2.75, 3.05) is 0 Å². The topological polar surface area (TPSA) is 94.5 Å². The zero-order chi connectivity index (χ0) is 19.1. The molecule has 27 heavy (non-hydrogen) atoms. The summed E-state index contributed by atoms with van der Waals surface area (Å²) in [6.07, 6.45) is 1.59. The Labute approximate surface area is 156 Å². The van der Waals surface area contributed by atoms with Crippen LogP contribution in [0.1, 0.15) is 28.7 Å². The third-order valence-electron chi connectivity index (χ3n) is 4.02. The van der Waals surface area contributed by atoms with Crippen LogP contribution in [-0.2, 0) is 0 Å². The maximum atomic E-state index is 12.4. The molecule has 134 valence electrons. The van der Waals surface area contributed by atoms with Crippen LogP contribution >= 0.6 is 11.3 Å². The van der Waals surface area contributed by atoms with Gasteiger partial charge in [0.1, 0.15) is 21.7 Å². The maximum Gasteiger partial charge on any atom is 0.295 e. The van der Waals surface area contributed by atoms with Crippen LogP contribution in [0.15, 0.2) is 50.4 Å². The lowest BCUT2D eigenvalue weighted by molar-refractivity contribution is 0.101. The number of furan rings is 1. The Morgan fingerprint density at radius 3 is 2.59 bits per heavy atom. The normalized spacial score (nSPS) is 12.0. The van der Waals surface area contributed by atoms with Crippen LogP contribution in [0.25, 0.3) is 22.4 Å². The lowest BCUT2D eigenvalue weighted by atomic mass is 10.1. The number of ketones is 1. The first kappa shape index (κ1) is 17.0. The summed E-state index contributed by atoms with van der Waals surface area (Å²) in [6.45, 7) is 3.03. The molecule has 0 saturated carbocycles. The summed E-state index contributed by atoms with van der Waals surface area (Å²) in [5.74, 6) is 1.11. The van der Waals surface area contributed by atoms with E-state index >= 15 is 0 Å². The highest BCUT2D eigenvalue weighted by Crippen LogP contribution is 2.23. The molecule has 0 atom stereocenters. The van der Waals surface area contributed by atoms with Crippen LogP contribution in [0, 0.1) is 6.92 Å². The van der Waals surface area contributed by atoms with E-state index in [1.807, 2.05) is 0 Å². The molecular formula is C19H13N3O4S. The Morgan fingerprint density at radius 1 is 1.15 bits per heavy atom. The van der Waals surface area contributed by atoms with Crippen LogP contribution in [0.2, 0.25) is 0 Å². The van der Waals surface area contributed by atoms with Gasteiger partial charge in [-0.25, -0.2) is 0 Å². The molecule has 0 fully saturated rings. The Bertz CT molecular complexity index is 1350. The molecule has 1 aromatic carbocycles. The number of hydrogen-bond acceptors (Lipinski definition) is 7. The predicted molar refractivity (Wildman–Crippen MR) is 101 cm³/mol. The molecule has 4 aromatic rings. The molecule has 3 aromatic heterocycles. The smallest absolute Gasteiger partial charge is 0.295 e. The third kappa shape index (κ3) is 3.11. The van der Waals surface area contributed by atoms with Crippen molar-refractivity contribution in [1.82, 2.24) is 14.6 Å². The van der Waals surface area contributed by atoms with Crippen molar-refractivity contribution in [2.24, 2.45) is 0 Å². The number of hydrogen-bond donors (Lipinski definition) is 0. The molecule has 0 unspecified atom stereocenters. The number of carbonyl (C=O) groups excluding carboxylic acids is 1. The number of fused-ring (bicyclic) bond motifs is 1. The van der Waals surface area contributed by atoms with Gasteiger partial charge in [0.05, 0.1) is 0 Å². The summed E-state index contributed by atoms with van der Waals surface area (Å²) in [4.78, 5) is 39.5. The molecular weight excluding hydrogens is 366 g/mol. The van der Waals surface area contributed by atoms with Gasteiger partial charge in [0.15, 0.2) is 5.78 Å². The molecule has 4 rings (SSSR count). The molecule has 0 N–H and O–H groups in total. The molecule has 0 bridgehead atoms. The van der Waals surface area contributed by atoms with Crippen LogP contribution in [0.3, 0.4) is 0 Å². The van der Waals surface area contributed by atoms with Gasteiger partial charge >= 0.3 is 0 Å². The number of carbonyl (C=O) groups is 1. The monoisotopic (exact) mass is 379 g/mol. The van der Waals surface area contributed by atoms with E-state index in [0.717, 1.165) is 21.4 Å². The van der Waals surface area contributed by atoms with E-state index in [-0.39, 0.29) is 22.0 Å². The highest BCUT2D eigenvalue weighted by Gasteiger charge is 2.10. The summed E-state index contributed by atoms with van der Waals surface area (Å²) in [5, 5.41) is 3.97. The van der Waals surface area contributed by atoms with E-state index in [2.05, 4.69) is 10.1 Å². The fourth-order valence-electron chi connectivity index (χ4n) is 2.57. The molecule has 0 amide bonds. The highest BCUT2D eigenvalue weighted by atomic mass is 32.1. The Morgan fingerprint density at radius 2 is 1.89 bits per heavy atom. The van der Waals surface area contributed by atoms with E-state index in [4.69, 9.17) is 4.42 Å². The quantitative estimate of drug-likeness (QED) is 0.504. The first-order valence-corrected chi connectivity index (χ1v) is 8.87. The van der Waals surface area contributed by atoms with Gasteiger partial charge in [-0.15, -0.1) is 0 Å². The second-order valence-corrected chi connectivity index (χ2v) is 6.96. The standard InChI is InChI=1S/C19H13N3O4S/c1-10-17(24)20-19-22(21-10)18(25)16(27-19)9-14-7-8-15(26-14)13-5-3-12(4-6-13)11(2)23/h3-9H,1-2H3/b16-9-. The summed E-state index contributed by atoms with van der Waals surface area (Å²) in [5.41, 5.74) is 0.820. The summed E-state index contributed by atoms with van der Waals surface area (Å²) in [6, 6.07) is 10.6. The number of rotatable bonds is 3. The summed E-state index contributed by atoms with van der Waals surface area (Å²) >= 11 is 1.08. The fraction of sp³-hybridized carbons (Fsp3) is 0.105. The second-order valence-electron chi connectivity index (χ2n) is 5.95. The highest BCUT2D eigenvalue weighted by molar-refractivity contribution is 7.15. The largest absolute Gasteiger partial charge is 0.457 e. The minimum absolute atomic E-state index is 0.000976. The fourth-order valence-corrected chi connectivity index (χ4v) is 3.45. The summed E-state index contributed by atoms with van der Waals surface area (Å²) in [7, 11) is 0. The van der Waals surface area contributed by atoms with Gasteiger partial charge < -0.3 is 4.42 Å². The molecule has 0 saturated heterocycles. The zero-order valence-electron chi connectivity index (χ0n) is 14.4. The molecule has 8 heteroatoms. The van der Waals surface area contributed by atoms with Crippen molar-refractivity contribution >= 4 is 28.2 Å². The maximum absolute atomic E-state index is 12.4. The van der Waals surface area contributed by atoms with Gasteiger partial charge in [-0.3, -0.25) is 14.4 Å². The minimum atomic E-state index is -0.447. The number of thiazole rings is 1. The molecule has 3 heterocycles. The van der Waals surface area contributed by atoms with Crippen molar-refractivity contribution in [1.29, 1.82) is 0 Å².